The van der Waals surface area contributed by atoms with Crippen LogP contribution in [0.4, 0.5) is 5.69 Å². The Kier molecular flexibility index (Phi) is 3.20. The number of likely N-dealkylation sites (tertiary alicyclic amines) is 1. The van der Waals surface area contributed by atoms with Crippen molar-refractivity contribution in [1.29, 1.82) is 0 Å². The SMILES string of the molecule is O=C1C[C@@H]2[C@H](CCN2Cc2nccs2)N1c1cccnc1. The maximum Gasteiger partial charge on any atom is 0.229 e. The molecule has 108 valence electrons. The van der Waals surface area contributed by atoms with Crippen LogP contribution in [-0.2, 0) is 11.3 Å². The lowest BCUT2D eigenvalue weighted by atomic mass is 10.1. The molecule has 2 aliphatic rings. The summed E-state index contributed by atoms with van der Waals surface area (Å²) in [7, 11) is 0. The summed E-state index contributed by atoms with van der Waals surface area (Å²) < 4.78 is 0. The highest BCUT2D eigenvalue weighted by Crippen LogP contribution is 2.36. The summed E-state index contributed by atoms with van der Waals surface area (Å²) in [6.45, 7) is 1.88. The number of hydrogen-bond acceptors (Lipinski definition) is 5. The van der Waals surface area contributed by atoms with Crippen molar-refractivity contribution >= 4 is 22.9 Å². The van der Waals surface area contributed by atoms with Gasteiger partial charge in [-0.1, -0.05) is 0 Å². The maximum absolute atomic E-state index is 12.4. The van der Waals surface area contributed by atoms with Gasteiger partial charge in [-0.2, -0.15) is 0 Å². The summed E-state index contributed by atoms with van der Waals surface area (Å²) in [5, 5.41) is 3.13. The summed E-state index contributed by atoms with van der Waals surface area (Å²) in [6, 6.07) is 4.44. The van der Waals surface area contributed by atoms with Crippen molar-refractivity contribution in [3.05, 3.63) is 41.1 Å². The Labute approximate surface area is 127 Å². The van der Waals surface area contributed by atoms with Crippen LogP contribution in [-0.4, -0.2) is 39.4 Å². The van der Waals surface area contributed by atoms with E-state index in [1.807, 2.05) is 28.6 Å². The molecule has 0 unspecified atom stereocenters. The predicted molar refractivity (Wildman–Crippen MR) is 81.1 cm³/mol. The number of nitrogens with zero attached hydrogens (tertiary/aromatic N) is 4. The smallest absolute Gasteiger partial charge is 0.229 e. The van der Waals surface area contributed by atoms with Gasteiger partial charge in [-0.3, -0.25) is 14.7 Å². The largest absolute Gasteiger partial charge is 0.306 e. The number of hydrogen-bond donors (Lipinski definition) is 0. The number of aromatic nitrogens is 2. The molecule has 2 aromatic heterocycles. The molecule has 1 amide bonds. The molecule has 2 aliphatic heterocycles. The maximum atomic E-state index is 12.4. The number of anilines is 1. The molecule has 21 heavy (non-hydrogen) atoms. The van der Waals surface area contributed by atoms with Gasteiger partial charge in [0.2, 0.25) is 5.91 Å². The molecule has 2 aromatic rings. The van der Waals surface area contributed by atoms with Gasteiger partial charge in [-0.15, -0.1) is 11.3 Å². The second kappa shape index (κ2) is 5.20. The van der Waals surface area contributed by atoms with E-state index in [1.165, 1.54) is 0 Å². The molecule has 5 nitrogen and oxygen atoms in total. The zero-order chi connectivity index (χ0) is 14.2. The van der Waals surface area contributed by atoms with Gasteiger partial charge in [-0.25, -0.2) is 4.98 Å². The summed E-state index contributed by atoms with van der Waals surface area (Å²) in [4.78, 5) is 25.2. The van der Waals surface area contributed by atoms with E-state index in [1.54, 1.807) is 23.7 Å². The third-order valence-corrected chi connectivity index (χ3v) is 5.12. The fourth-order valence-corrected chi connectivity index (χ4v) is 4.10. The van der Waals surface area contributed by atoms with Crippen molar-refractivity contribution in [3.8, 4) is 0 Å². The summed E-state index contributed by atoms with van der Waals surface area (Å²) in [6.07, 6.45) is 6.99. The van der Waals surface area contributed by atoms with E-state index in [-0.39, 0.29) is 11.9 Å². The minimum atomic E-state index is 0.210. The Balaban J connectivity index is 1.55. The van der Waals surface area contributed by atoms with E-state index >= 15 is 0 Å². The van der Waals surface area contributed by atoms with Crippen LogP contribution in [0.1, 0.15) is 17.8 Å². The van der Waals surface area contributed by atoms with Crippen molar-refractivity contribution in [2.45, 2.75) is 31.5 Å². The number of fused-ring (bicyclic) bond motifs is 1. The van der Waals surface area contributed by atoms with Gasteiger partial charge in [-0.05, 0) is 18.6 Å². The zero-order valence-corrected chi connectivity index (χ0v) is 12.4. The first-order valence-electron chi connectivity index (χ1n) is 7.17. The number of rotatable bonds is 3. The fourth-order valence-electron chi connectivity index (χ4n) is 3.46. The lowest BCUT2D eigenvalue weighted by Crippen LogP contribution is -2.37. The van der Waals surface area contributed by atoms with Gasteiger partial charge >= 0.3 is 0 Å². The number of pyridine rings is 1. The Bertz CT molecular complexity index is 630. The number of carbonyl (C=O) groups excluding carboxylic acids is 1. The van der Waals surface area contributed by atoms with Gasteiger partial charge in [0, 0.05) is 36.8 Å². The van der Waals surface area contributed by atoms with Crippen molar-refractivity contribution < 1.29 is 4.79 Å². The first kappa shape index (κ1) is 12.9. The van der Waals surface area contributed by atoms with E-state index in [9.17, 15) is 4.79 Å². The lowest BCUT2D eigenvalue weighted by molar-refractivity contribution is -0.117. The number of amides is 1. The Morgan fingerprint density at radius 2 is 2.29 bits per heavy atom. The van der Waals surface area contributed by atoms with Crippen LogP contribution in [0.5, 0.6) is 0 Å². The van der Waals surface area contributed by atoms with Crippen molar-refractivity contribution in [2.75, 3.05) is 11.4 Å². The Morgan fingerprint density at radius 3 is 3.05 bits per heavy atom. The zero-order valence-electron chi connectivity index (χ0n) is 11.6. The molecule has 2 atom stereocenters. The summed E-state index contributed by atoms with van der Waals surface area (Å²) in [5.41, 5.74) is 0.922. The van der Waals surface area contributed by atoms with Gasteiger partial charge in [0.05, 0.1) is 24.5 Å². The van der Waals surface area contributed by atoms with Crippen LogP contribution < -0.4 is 4.90 Å². The van der Waals surface area contributed by atoms with E-state index in [0.717, 1.165) is 30.2 Å². The molecule has 4 heterocycles. The van der Waals surface area contributed by atoms with Crippen molar-refractivity contribution in [1.82, 2.24) is 14.9 Å². The molecule has 0 spiro atoms. The van der Waals surface area contributed by atoms with E-state index in [4.69, 9.17) is 0 Å². The van der Waals surface area contributed by atoms with Crippen molar-refractivity contribution in [2.24, 2.45) is 0 Å². The molecule has 0 radical (unpaired) electrons. The second-order valence-corrected chi connectivity index (χ2v) is 6.48. The number of thiazole rings is 1. The normalized spacial score (nSPS) is 25.5. The Hall–Kier alpha value is -1.79. The topological polar surface area (TPSA) is 49.3 Å². The second-order valence-electron chi connectivity index (χ2n) is 5.50. The summed E-state index contributed by atoms with van der Waals surface area (Å²) in [5.74, 6) is 0.210. The van der Waals surface area contributed by atoms with Crippen LogP contribution in [0.2, 0.25) is 0 Å². The monoisotopic (exact) mass is 300 g/mol. The minimum Gasteiger partial charge on any atom is -0.306 e. The standard InChI is InChI=1S/C15H16N4OS/c20-15-8-13-12(19(15)11-2-1-4-16-9-11)3-6-18(13)10-14-17-5-7-21-14/h1-2,4-5,7,9,12-13H,3,6,8,10H2/t12-,13+/m0/s1. The van der Waals surface area contributed by atoms with Crippen LogP contribution in [0, 0.1) is 0 Å². The molecule has 0 aromatic carbocycles. The molecule has 2 saturated heterocycles. The molecule has 0 bridgehead atoms. The highest BCUT2D eigenvalue weighted by molar-refractivity contribution is 7.09. The third-order valence-electron chi connectivity index (χ3n) is 4.36. The van der Waals surface area contributed by atoms with Gasteiger partial charge in [0.15, 0.2) is 0 Å². The van der Waals surface area contributed by atoms with Crippen molar-refractivity contribution in [3.63, 3.8) is 0 Å². The van der Waals surface area contributed by atoms with E-state index in [0.29, 0.717) is 12.5 Å². The minimum absolute atomic E-state index is 0.210. The molecule has 6 heteroatoms. The van der Waals surface area contributed by atoms with Gasteiger partial charge < -0.3 is 4.90 Å². The highest BCUT2D eigenvalue weighted by Gasteiger charge is 2.47. The molecular weight excluding hydrogens is 284 g/mol. The van der Waals surface area contributed by atoms with Crippen LogP contribution >= 0.6 is 11.3 Å². The third kappa shape index (κ3) is 2.24. The fraction of sp³-hybridized carbons (Fsp3) is 0.400. The predicted octanol–water partition coefficient (Wildman–Crippen LogP) is 1.92. The van der Waals surface area contributed by atoms with Gasteiger partial charge in [0.1, 0.15) is 5.01 Å². The van der Waals surface area contributed by atoms with Gasteiger partial charge in [0.25, 0.3) is 0 Å². The Morgan fingerprint density at radius 1 is 1.33 bits per heavy atom. The first-order chi connectivity index (χ1) is 10.3. The molecular formula is C15H16N4OS. The summed E-state index contributed by atoms with van der Waals surface area (Å²) >= 11 is 1.68. The van der Waals surface area contributed by atoms with Crippen LogP contribution in [0.15, 0.2) is 36.1 Å². The highest BCUT2D eigenvalue weighted by atomic mass is 32.1. The molecule has 4 rings (SSSR count). The average Bonchev–Trinajstić information content (AvgIpc) is 3.19. The number of carbonyl (C=O) groups is 1. The van der Waals surface area contributed by atoms with Crippen LogP contribution in [0.25, 0.3) is 0 Å². The van der Waals surface area contributed by atoms with E-state index < -0.39 is 0 Å². The molecule has 0 N–H and O–H groups in total. The van der Waals surface area contributed by atoms with E-state index in [2.05, 4.69) is 14.9 Å². The van der Waals surface area contributed by atoms with Crippen LogP contribution in [0.3, 0.4) is 0 Å². The molecule has 0 aliphatic carbocycles. The first-order valence-corrected chi connectivity index (χ1v) is 8.05. The molecule has 0 saturated carbocycles. The molecule has 2 fully saturated rings. The lowest BCUT2D eigenvalue weighted by Gasteiger charge is -2.24. The average molecular weight is 300 g/mol. The quantitative estimate of drug-likeness (QED) is 0.869.